The number of rotatable bonds is 3. The number of nitrogen functional groups attached to an aromatic ring is 1. The Morgan fingerprint density at radius 2 is 2.12 bits per heavy atom. The van der Waals surface area contributed by atoms with Crippen LogP contribution in [0.2, 0.25) is 0 Å². The van der Waals surface area contributed by atoms with Crippen LogP contribution in [0, 0.1) is 5.92 Å². The molecule has 0 aliphatic heterocycles. The standard InChI is InChI=1S/C11H19N5O/c12-8-3-1-7(2-4-8)5-14-10-9(13)11(17)16-6-15-10/h6-8H,1-5,12-13H2,(H2,14,15,16,17). The van der Waals surface area contributed by atoms with Crippen LogP contribution in [-0.4, -0.2) is 22.6 Å². The van der Waals surface area contributed by atoms with Crippen molar-refractivity contribution in [3.63, 3.8) is 0 Å². The maximum atomic E-state index is 11.3. The average molecular weight is 237 g/mol. The Bertz CT molecular complexity index is 422. The van der Waals surface area contributed by atoms with E-state index >= 15 is 0 Å². The first-order chi connectivity index (χ1) is 8.16. The van der Waals surface area contributed by atoms with Crippen molar-refractivity contribution in [2.75, 3.05) is 17.6 Å². The molecule has 0 amide bonds. The number of hydrogen-bond acceptors (Lipinski definition) is 5. The smallest absolute Gasteiger partial charge is 0.276 e. The Labute approximate surface area is 99.8 Å². The summed E-state index contributed by atoms with van der Waals surface area (Å²) in [6.07, 6.45) is 5.75. The lowest BCUT2D eigenvalue weighted by atomic mass is 9.86. The SMILES string of the molecule is Nc1c(NCC2CCC(N)CC2)nc[nH]c1=O. The number of hydrogen-bond donors (Lipinski definition) is 4. The van der Waals surface area contributed by atoms with E-state index in [4.69, 9.17) is 11.5 Å². The van der Waals surface area contributed by atoms with E-state index in [0.29, 0.717) is 17.8 Å². The van der Waals surface area contributed by atoms with Gasteiger partial charge in [-0.2, -0.15) is 0 Å². The Hall–Kier alpha value is -1.56. The van der Waals surface area contributed by atoms with Crippen LogP contribution in [0.5, 0.6) is 0 Å². The van der Waals surface area contributed by atoms with E-state index < -0.39 is 0 Å². The van der Waals surface area contributed by atoms with Crippen LogP contribution >= 0.6 is 0 Å². The summed E-state index contributed by atoms with van der Waals surface area (Å²) in [5.74, 6) is 1.07. The molecule has 0 saturated heterocycles. The lowest BCUT2D eigenvalue weighted by molar-refractivity contribution is 0.338. The monoisotopic (exact) mass is 237 g/mol. The summed E-state index contributed by atoms with van der Waals surface area (Å²) in [5.41, 5.74) is 11.3. The zero-order valence-corrected chi connectivity index (χ0v) is 9.78. The van der Waals surface area contributed by atoms with Crippen molar-refractivity contribution in [1.29, 1.82) is 0 Å². The molecule has 1 aromatic rings. The minimum Gasteiger partial charge on any atom is -0.391 e. The molecular weight excluding hydrogens is 218 g/mol. The predicted molar refractivity (Wildman–Crippen MR) is 67.7 cm³/mol. The van der Waals surface area contributed by atoms with Crippen LogP contribution in [0.1, 0.15) is 25.7 Å². The summed E-state index contributed by atoms with van der Waals surface area (Å²) < 4.78 is 0. The molecule has 6 heteroatoms. The van der Waals surface area contributed by atoms with E-state index in [1.54, 1.807) is 0 Å². The van der Waals surface area contributed by atoms with E-state index in [2.05, 4.69) is 15.3 Å². The minimum atomic E-state index is -0.298. The molecule has 0 unspecified atom stereocenters. The summed E-state index contributed by atoms with van der Waals surface area (Å²) in [6, 6.07) is 0.356. The van der Waals surface area contributed by atoms with Gasteiger partial charge in [-0.15, -0.1) is 0 Å². The van der Waals surface area contributed by atoms with Crippen molar-refractivity contribution in [2.45, 2.75) is 31.7 Å². The number of nitrogens with zero attached hydrogens (tertiary/aromatic N) is 1. The zero-order valence-electron chi connectivity index (χ0n) is 9.78. The molecule has 0 spiro atoms. The summed E-state index contributed by atoms with van der Waals surface area (Å²) in [5, 5.41) is 3.14. The highest BCUT2D eigenvalue weighted by Gasteiger charge is 2.18. The molecule has 0 bridgehead atoms. The molecule has 0 atom stereocenters. The number of nitrogens with one attached hydrogen (secondary N) is 2. The lowest BCUT2D eigenvalue weighted by Gasteiger charge is -2.26. The molecule has 1 aliphatic carbocycles. The summed E-state index contributed by atoms with van der Waals surface area (Å²) >= 11 is 0. The van der Waals surface area contributed by atoms with Gasteiger partial charge < -0.3 is 21.8 Å². The van der Waals surface area contributed by atoms with Gasteiger partial charge in [0.2, 0.25) is 0 Å². The number of H-pyrrole nitrogens is 1. The normalized spacial score (nSPS) is 24.5. The third kappa shape index (κ3) is 2.97. The number of aromatic amines is 1. The first-order valence-electron chi connectivity index (χ1n) is 5.99. The Balaban J connectivity index is 1.90. The topological polar surface area (TPSA) is 110 Å². The van der Waals surface area contributed by atoms with Crippen molar-refractivity contribution in [2.24, 2.45) is 11.7 Å². The van der Waals surface area contributed by atoms with Gasteiger partial charge in [-0.1, -0.05) is 0 Å². The quantitative estimate of drug-likeness (QED) is 0.603. The van der Waals surface area contributed by atoms with Gasteiger partial charge in [0, 0.05) is 12.6 Å². The highest BCUT2D eigenvalue weighted by atomic mass is 16.1. The summed E-state index contributed by atoms with van der Waals surface area (Å²) in [7, 11) is 0. The van der Waals surface area contributed by atoms with Gasteiger partial charge in [0.15, 0.2) is 5.82 Å². The highest BCUT2D eigenvalue weighted by molar-refractivity contribution is 5.58. The zero-order chi connectivity index (χ0) is 12.3. The summed E-state index contributed by atoms with van der Waals surface area (Å²) in [4.78, 5) is 17.7. The molecule has 94 valence electrons. The number of nitrogens with two attached hydrogens (primary N) is 2. The maximum absolute atomic E-state index is 11.3. The van der Waals surface area contributed by atoms with E-state index in [0.717, 1.165) is 32.2 Å². The number of aromatic nitrogens is 2. The van der Waals surface area contributed by atoms with Crippen molar-refractivity contribution >= 4 is 11.5 Å². The third-order valence-corrected chi connectivity index (χ3v) is 3.34. The lowest BCUT2D eigenvalue weighted by Crippen LogP contribution is -2.29. The van der Waals surface area contributed by atoms with Crippen molar-refractivity contribution < 1.29 is 0 Å². The van der Waals surface area contributed by atoms with Crippen LogP contribution in [-0.2, 0) is 0 Å². The minimum absolute atomic E-state index is 0.153. The molecule has 1 fully saturated rings. The van der Waals surface area contributed by atoms with Gasteiger partial charge in [0.25, 0.3) is 5.56 Å². The van der Waals surface area contributed by atoms with Crippen molar-refractivity contribution in [3.05, 3.63) is 16.7 Å². The largest absolute Gasteiger partial charge is 0.391 e. The van der Waals surface area contributed by atoms with Gasteiger partial charge in [-0.25, -0.2) is 4.98 Å². The second-order valence-electron chi connectivity index (χ2n) is 4.66. The molecule has 1 heterocycles. The van der Waals surface area contributed by atoms with Gasteiger partial charge in [0.05, 0.1) is 6.33 Å². The first kappa shape index (κ1) is 11.9. The van der Waals surface area contributed by atoms with E-state index in [1.807, 2.05) is 0 Å². The second kappa shape index (κ2) is 5.18. The highest BCUT2D eigenvalue weighted by Crippen LogP contribution is 2.23. The fourth-order valence-electron chi connectivity index (χ4n) is 2.18. The van der Waals surface area contributed by atoms with Crippen LogP contribution in [0.25, 0.3) is 0 Å². The van der Waals surface area contributed by atoms with Gasteiger partial charge in [0.1, 0.15) is 5.69 Å². The van der Waals surface area contributed by atoms with Gasteiger partial charge >= 0.3 is 0 Å². The van der Waals surface area contributed by atoms with Crippen LogP contribution in [0.3, 0.4) is 0 Å². The molecule has 17 heavy (non-hydrogen) atoms. The molecule has 2 rings (SSSR count). The Morgan fingerprint density at radius 3 is 2.82 bits per heavy atom. The molecule has 0 aromatic carbocycles. The molecule has 6 N–H and O–H groups in total. The average Bonchev–Trinajstić information content (AvgIpc) is 2.33. The maximum Gasteiger partial charge on any atom is 0.276 e. The van der Waals surface area contributed by atoms with E-state index in [9.17, 15) is 4.79 Å². The van der Waals surface area contributed by atoms with Crippen LogP contribution < -0.4 is 22.3 Å². The van der Waals surface area contributed by atoms with Crippen LogP contribution in [0.15, 0.2) is 11.1 Å². The molecule has 1 aliphatic rings. The Kier molecular flexibility index (Phi) is 3.63. The predicted octanol–water partition coefficient (Wildman–Crippen LogP) is 0.281. The van der Waals surface area contributed by atoms with Gasteiger partial charge in [-0.05, 0) is 31.6 Å². The Morgan fingerprint density at radius 1 is 1.41 bits per heavy atom. The van der Waals surface area contributed by atoms with E-state index in [1.165, 1.54) is 6.33 Å². The van der Waals surface area contributed by atoms with E-state index in [-0.39, 0.29) is 11.2 Å². The molecular formula is C11H19N5O. The fraction of sp³-hybridized carbons (Fsp3) is 0.636. The molecule has 1 saturated carbocycles. The second-order valence-corrected chi connectivity index (χ2v) is 4.66. The molecule has 0 radical (unpaired) electrons. The molecule has 6 nitrogen and oxygen atoms in total. The van der Waals surface area contributed by atoms with Crippen molar-refractivity contribution in [3.8, 4) is 0 Å². The van der Waals surface area contributed by atoms with Crippen LogP contribution in [0.4, 0.5) is 11.5 Å². The first-order valence-corrected chi connectivity index (χ1v) is 5.99. The van der Waals surface area contributed by atoms with Crippen molar-refractivity contribution in [1.82, 2.24) is 9.97 Å². The third-order valence-electron chi connectivity index (χ3n) is 3.34. The molecule has 1 aromatic heterocycles. The fourth-order valence-corrected chi connectivity index (χ4v) is 2.18. The summed E-state index contributed by atoms with van der Waals surface area (Å²) in [6.45, 7) is 0.799. The number of anilines is 2. The van der Waals surface area contributed by atoms with Gasteiger partial charge in [-0.3, -0.25) is 4.79 Å².